The Labute approximate surface area is 195 Å². The summed E-state index contributed by atoms with van der Waals surface area (Å²) >= 11 is 1.79. The van der Waals surface area contributed by atoms with Gasteiger partial charge in [-0.25, -0.2) is 9.10 Å². The number of aryl methyl sites for hydroxylation is 1. The highest BCUT2D eigenvalue weighted by Crippen LogP contribution is 2.44. The van der Waals surface area contributed by atoms with Crippen molar-refractivity contribution in [3.05, 3.63) is 77.9 Å². The normalized spacial score (nSPS) is 16.5. The number of likely N-dealkylation sites (N-methyl/N-ethyl adjacent to an activating group) is 1. The summed E-state index contributed by atoms with van der Waals surface area (Å²) in [6.07, 6.45) is 3.56. The number of nitrogens with zero attached hydrogens (tertiary/aromatic N) is 2. The Morgan fingerprint density at radius 2 is 1.88 bits per heavy atom. The number of carboxylic acid groups (broad SMARTS) is 1. The first-order valence-electron chi connectivity index (χ1n) is 11.2. The van der Waals surface area contributed by atoms with Gasteiger partial charge >= 0.3 is 5.97 Å². The van der Waals surface area contributed by atoms with Crippen LogP contribution in [0, 0.1) is 6.92 Å². The molecule has 32 heavy (non-hydrogen) atoms. The SMILES string of the molecule is CCCCC1CN(c2ccccc2)c2cc(C)c(-c3cccc(C(=O)O)c3)cc2SN1C. The third-order valence-corrected chi connectivity index (χ3v) is 7.24. The molecule has 1 aliphatic heterocycles. The first-order valence-corrected chi connectivity index (χ1v) is 12.0. The lowest BCUT2D eigenvalue weighted by molar-refractivity contribution is 0.0697. The number of fused-ring (bicyclic) bond motifs is 1. The highest BCUT2D eigenvalue weighted by molar-refractivity contribution is 7.97. The van der Waals surface area contributed by atoms with E-state index in [9.17, 15) is 9.90 Å². The Morgan fingerprint density at radius 1 is 1.09 bits per heavy atom. The van der Waals surface area contributed by atoms with E-state index in [0.29, 0.717) is 11.6 Å². The molecule has 3 aromatic rings. The van der Waals surface area contributed by atoms with Crippen LogP contribution in [-0.2, 0) is 0 Å². The van der Waals surface area contributed by atoms with Crippen molar-refractivity contribution in [2.75, 3.05) is 18.5 Å². The number of hydrogen-bond donors (Lipinski definition) is 1. The van der Waals surface area contributed by atoms with Crippen LogP contribution in [0.25, 0.3) is 11.1 Å². The molecule has 1 N–H and O–H groups in total. The van der Waals surface area contributed by atoms with E-state index in [0.717, 1.165) is 29.7 Å². The standard InChI is InChI=1S/C27H30N2O2S/c1-4-5-12-23-18-29(22-13-7-6-8-14-22)25-15-19(2)24(17-26(25)32-28(23)3)20-10-9-11-21(16-20)27(30)31/h6-11,13-17,23H,4-5,12,18H2,1-3H3,(H,30,31). The van der Waals surface area contributed by atoms with E-state index in [1.54, 1.807) is 24.1 Å². The molecular weight excluding hydrogens is 416 g/mol. The van der Waals surface area contributed by atoms with Gasteiger partial charge in [-0.2, -0.15) is 0 Å². The lowest BCUT2D eigenvalue weighted by Gasteiger charge is -2.30. The van der Waals surface area contributed by atoms with Crippen LogP contribution < -0.4 is 4.90 Å². The van der Waals surface area contributed by atoms with E-state index < -0.39 is 5.97 Å². The molecular formula is C27H30N2O2S. The van der Waals surface area contributed by atoms with Gasteiger partial charge in [-0.3, -0.25) is 0 Å². The van der Waals surface area contributed by atoms with Gasteiger partial charge in [0.15, 0.2) is 0 Å². The molecule has 166 valence electrons. The minimum atomic E-state index is -0.901. The van der Waals surface area contributed by atoms with Crippen LogP contribution >= 0.6 is 11.9 Å². The lowest BCUT2D eigenvalue weighted by Crippen LogP contribution is -2.35. The number of para-hydroxylation sites is 1. The molecule has 3 aromatic carbocycles. The van der Waals surface area contributed by atoms with E-state index in [1.807, 2.05) is 12.1 Å². The molecule has 0 aromatic heterocycles. The van der Waals surface area contributed by atoms with Gasteiger partial charge in [-0.15, -0.1) is 0 Å². The minimum Gasteiger partial charge on any atom is -0.478 e. The van der Waals surface area contributed by atoms with Gasteiger partial charge < -0.3 is 10.0 Å². The number of aromatic carboxylic acids is 1. The van der Waals surface area contributed by atoms with Gasteiger partial charge in [-0.05, 0) is 85.4 Å². The molecule has 0 spiro atoms. The van der Waals surface area contributed by atoms with Crippen LogP contribution in [0.5, 0.6) is 0 Å². The second-order valence-corrected chi connectivity index (χ2v) is 9.60. The summed E-state index contributed by atoms with van der Waals surface area (Å²) in [5, 5.41) is 9.43. The number of hydrogen-bond acceptors (Lipinski definition) is 4. The van der Waals surface area contributed by atoms with Crippen molar-refractivity contribution in [1.82, 2.24) is 4.31 Å². The molecule has 0 aliphatic carbocycles. The summed E-state index contributed by atoms with van der Waals surface area (Å²) < 4.78 is 2.39. The molecule has 4 rings (SSSR count). The van der Waals surface area contributed by atoms with Crippen molar-refractivity contribution in [3.8, 4) is 11.1 Å². The Morgan fingerprint density at radius 3 is 2.59 bits per heavy atom. The zero-order valence-corrected chi connectivity index (χ0v) is 19.7. The molecule has 1 heterocycles. The fourth-order valence-electron chi connectivity index (χ4n) is 4.31. The zero-order valence-electron chi connectivity index (χ0n) is 18.9. The van der Waals surface area contributed by atoms with Gasteiger partial charge in [0.25, 0.3) is 0 Å². The highest BCUT2D eigenvalue weighted by atomic mass is 32.2. The maximum Gasteiger partial charge on any atom is 0.335 e. The smallest absolute Gasteiger partial charge is 0.335 e. The monoisotopic (exact) mass is 446 g/mol. The fourth-order valence-corrected chi connectivity index (χ4v) is 5.37. The number of anilines is 2. The van der Waals surface area contributed by atoms with Crippen molar-refractivity contribution in [2.24, 2.45) is 0 Å². The van der Waals surface area contributed by atoms with Crippen molar-refractivity contribution >= 4 is 29.3 Å². The fraction of sp³-hybridized carbons (Fsp3) is 0.296. The summed E-state index contributed by atoms with van der Waals surface area (Å²) in [6, 6.07) is 22.7. The topological polar surface area (TPSA) is 43.8 Å². The predicted octanol–water partition coefficient (Wildman–Crippen LogP) is 7.01. The highest BCUT2D eigenvalue weighted by Gasteiger charge is 2.28. The molecule has 0 saturated carbocycles. The third kappa shape index (κ3) is 4.69. The number of carbonyl (C=O) groups is 1. The maximum atomic E-state index is 11.5. The van der Waals surface area contributed by atoms with Gasteiger partial charge in [0.2, 0.25) is 0 Å². The van der Waals surface area contributed by atoms with E-state index in [2.05, 4.69) is 72.6 Å². The number of rotatable bonds is 6. The Bertz CT molecular complexity index is 1100. The van der Waals surface area contributed by atoms with Gasteiger partial charge in [0.1, 0.15) is 0 Å². The molecule has 0 amide bonds. The van der Waals surface area contributed by atoms with Crippen LogP contribution in [0.3, 0.4) is 0 Å². The largest absolute Gasteiger partial charge is 0.478 e. The molecule has 0 saturated heterocycles. The second kappa shape index (κ2) is 9.80. The summed E-state index contributed by atoms with van der Waals surface area (Å²) in [4.78, 5) is 15.1. The molecule has 1 atom stereocenters. The van der Waals surface area contributed by atoms with Crippen LogP contribution in [0.2, 0.25) is 0 Å². The first kappa shape index (κ1) is 22.4. The molecule has 4 nitrogen and oxygen atoms in total. The number of unbranched alkanes of at least 4 members (excludes halogenated alkanes) is 1. The van der Waals surface area contributed by atoms with Crippen LogP contribution in [-0.4, -0.2) is 35.0 Å². The van der Waals surface area contributed by atoms with E-state index in [1.165, 1.54) is 29.1 Å². The van der Waals surface area contributed by atoms with Crippen LogP contribution in [0.15, 0.2) is 71.6 Å². The van der Waals surface area contributed by atoms with E-state index in [-0.39, 0.29) is 0 Å². The summed E-state index contributed by atoms with van der Waals surface area (Å²) in [5.41, 5.74) is 5.88. The van der Waals surface area contributed by atoms with Crippen molar-refractivity contribution in [1.29, 1.82) is 0 Å². The maximum absolute atomic E-state index is 11.5. The van der Waals surface area contributed by atoms with Crippen LogP contribution in [0.1, 0.15) is 42.1 Å². The van der Waals surface area contributed by atoms with Gasteiger partial charge in [-0.1, -0.05) is 50.1 Å². The summed E-state index contributed by atoms with van der Waals surface area (Å²) in [5.74, 6) is -0.901. The molecule has 0 radical (unpaired) electrons. The molecule has 0 bridgehead atoms. The average molecular weight is 447 g/mol. The van der Waals surface area contributed by atoms with Crippen molar-refractivity contribution < 1.29 is 9.90 Å². The first-order chi connectivity index (χ1) is 15.5. The number of benzene rings is 3. The predicted molar refractivity (Wildman–Crippen MR) is 134 cm³/mol. The quantitative estimate of drug-likeness (QED) is 0.413. The molecule has 1 unspecified atom stereocenters. The van der Waals surface area contributed by atoms with Gasteiger partial charge in [0, 0.05) is 23.2 Å². The molecule has 0 fully saturated rings. The minimum absolute atomic E-state index is 0.312. The molecule has 5 heteroatoms. The summed E-state index contributed by atoms with van der Waals surface area (Å²) in [7, 11) is 2.19. The number of carboxylic acids is 1. The summed E-state index contributed by atoms with van der Waals surface area (Å²) in [6.45, 7) is 5.29. The second-order valence-electron chi connectivity index (χ2n) is 8.40. The van der Waals surface area contributed by atoms with Crippen molar-refractivity contribution in [3.63, 3.8) is 0 Å². The Hall–Kier alpha value is -2.76. The van der Waals surface area contributed by atoms with Crippen LogP contribution in [0.4, 0.5) is 11.4 Å². The van der Waals surface area contributed by atoms with Crippen molar-refractivity contribution in [2.45, 2.75) is 44.0 Å². The van der Waals surface area contributed by atoms with E-state index in [4.69, 9.17) is 0 Å². The average Bonchev–Trinajstić information content (AvgIpc) is 2.93. The Balaban J connectivity index is 1.81. The van der Waals surface area contributed by atoms with E-state index >= 15 is 0 Å². The Kier molecular flexibility index (Phi) is 6.87. The molecule has 1 aliphatic rings. The lowest BCUT2D eigenvalue weighted by atomic mass is 9.97. The van der Waals surface area contributed by atoms with Gasteiger partial charge in [0.05, 0.1) is 11.3 Å². The third-order valence-electron chi connectivity index (χ3n) is 6.13. The zero-order chi connectivity index (χ0) is 22.7.